The van der Waals surface area contributed by atoms with Crippen LogP contribution >= 0.6 is 0 Å². The highest BCUT2D eigenvalue weighted by molar-refractivity contribution is 5.90. The van der Waals surface area contributed by atoms with Crippen molar-refractivity contribution in [3.05, 3.63) is 59.3 Å². The van der Waals surface area contributed by atoms with Gasteiger partial charge in [-0.2, -0.15) is 5.10 Å². The van der Waals surface area contributed by atoms with Crippen LogP contribution in [-0.4, -0.2) is 78.3 Å². The van der Waals surface area contributed by atoms with Gasteiger partial charge in [0, 0.05) is 61.8 Å². The molecule has 5 heterocycles. The Kier molecular flexibility index (Phi) is 6.71. The largest absolute Gasteiger partial charge is 0.387 e. The molecule has 1 saturated heterocycles. The number of carbonyl (C=O) groups excluding carboxylic acids is 1. The van der Waals surface area contributed by atoms with Crippen molar-refractivity contribution >= 4 is 28.6 Å². The molecular formula is C29H33FN8O2. The minimum Gasteiger partial charge on any atom is -0.387 e. The number of pyridine rings is 1. The van der Waals surface area contributed by atoms with Crippen molar-refractivity contribution < 1.29 is 14.3 Å². The maximum atomic E-state index is 15.0. The number of nitrogens with zero attached hydrogens (tertiary/aromatic N) is 7. The van der Waals surface area contributed by atoms with E-state index in [1.54, 1.807) is 11.1 Å². The first kappa shape index (κ1) is 26.3. The lowest BCUT2D eigenvalue weighted by Crippen LogP contribution is -2.49. The van der Waals surface area contributed by atoms with Crippen LogP contribution in [0.25, 0.3) is 22.2 Å². The number of hydrogen-bond acceptors (Lipinski definition) is 8. The molecule has 1 amide bonds. The smallest absolute Gasteiger partial charge is 0.248 e. The molecule has 0 unspecified atom stereocenters. The Hall–Kier alpha value is -3.96. The summed E-state index contributed by atoms with van der Waals surface area (Å²) in [5, 5.41) is 18.0. The summed E-state index contributed by atoms with van der Waals surface area (Å²) in [7, 11) is 0. The number of rotatable bonds is 6. The van der Waals surface area contributed by atoms with Crippen molar-refractivity contribution in [2.75, 3.05) is 38.1 Å². The quantitative estimate of drug-likeness (QED) is 0.380. The Labute approximate surface area is 231 Å². The highest BCUT2D eigenvalue weighted by Gasteiger charge is 2.34. The van der Waals surface area contributed by atoms with Gasteiger partial charge in [-0.1, -0.05) is 19.9 Å². The molecule has 0 aliphatic carbocycles. The average molecular weight is 545 g/mol. The zero-order valence-corrected chi connectivity index (χ0v) is 23.0. The molecule has 2 aliphatic heterocycles. The van der Waals surface area contributed by atoms with Gasteiger partial charge in [-0.25, -0.2) is 19.3 Å². The number of amides is 1. The summed E-state index contributed by atoms with van der Waals surface area (Å²) in [5.74, 6) is 0.103. The fourth-order valence-electron chi connectivity index (χ4n) is 5.77. The Morgan fingerprint density at radius 1 is 1.10 bits per heavy atom. The van der Waals surface area contributed by atoms with Gasteiger partial charge in [-0.15, -0.1) is 0 Å². The number of halogens is 1. The van der Waals surface area contributed by atoms with Gasteiger partial charge in [0.05, 0.1) is 17.4 Å². The maximum absolute atomic E-state index is 15.0. The second kappa shape index (κ2) is 10.2. The van der Waals surface area contributed by atoms with Crippen molar-refractivity contribution in [2.45, 2.75) is 45.7 Å². The van der Waals surface area contributed by atoms with Crippen LogP contribution in [0.5, 0.6) is 0 Å². The highest BCUT2D eigenvalue weighted by atomic mass is 19.1. The Morgan fingerprint density at radius 3 is 2.62 bits per heavy atom. The van der Waals surface area contributed by atoms with Crippen LogP contribution in [0.3, 0.4) is 0 Å². The number of anilines is 2. The van der Waals surface area contributed by atoms with E-state index in [0.717, 1.165) is 48.1 Å². The lowest BCUT2D eigenvalue weighted by molar-refractivity contribution is -0.136. The molecule has 208 valence electrons. The Balaban J connectivity index is 1.18. The molecule has 4 aromatic rings. The number of carbonyl (C=O) groups is 1. The monoisotopic (exact) mass is 544 g/mol. The van der Waals surface area contributed by atoms with Crippen LogP contribution in [0.4, 0.5) is 16.2 Å². The van der Waals surface area contributed by atoms with Gasteiger partial charge < -0.3 is 15.3 Å². The predicted molar refractivity (Wildman–Crippen MR) is 150 cm³/mol. The molecule has 3 aromatic heterocycles. The third-order valence-corrected chi connectivity index (χ3v) is 7.97. The zero-order chi connectivity index (χ0) is 28.0. The second-order valence-corrected chi connectivity index (χ2v) is 11.3. The molecule has 1 fully saturated rings. The number of nitrogens with one attached hydrogen (secondary N) is 1. The molecule has 0 spiro atoms. The first-order valence-electron chi connectivity index (χ1n) is 13.6. The number of piperazine rings is 1. The minimum atomic E-state index is -0.489. The van der Waals surface area contributed by atoms with Crippen molar-refractivity contribution in [1.82, 2.24) is 34.5 Å². The highest BCUT2D eigenvalue weighted by Crippen LogP contribution is 2.41. The third-order valence-electron chi connectivity index (χ3n) is 7.97. The number of aliphatic hydroxyl groups is 1. The molecule has 1 aromatic carbocycles. The first-order valence-corrected chi connectivity index (χ1v) is 13.6. The lowest BCUT2D eigenvalue weighted by Gasteiger charge is -2.34. The molecule has 0 radical (unpaired) electrons. The summed E-state index contributed by atoms with van der Waals surface area (Å²) < 4.78 is 17.1. The Bertz CT molecular complexity index is 1580. The standard InChI is InChI=1S/C29H33FN8O2/c1-18-12-20(13-21-25(18)35-38-7-6-29(2,3)27(21)38)26-22(30)15-32-28(34-26)33-23-5-4-19(14-31-23)16-36-8-10-37(11-9-36)24(40)17-39/h4-5,12-15,39H,6-11,16-17H2,1-3H3,(H,31,32,33,34). The van der Waals surface area contributed by atoms with Gasteiger partial charge in [0.25, 0.3) is 0 Å². The summed E-state index contributed by atoms with van der Waals surface area (Å²) in [4.78, 5) is 28.8. The van der Waals surface area contributed by atoms with Crippen LogP contribution in [-0.2, 0) is 23.3 Å². The number of aliphatic hydroxyl groups excluding tert-OH is 1. The summed E-state index contributed by atoms with van der Waals surface area (Å²) in [6, 6.07) is 7.75. The molecule has 2 N–H and O–H groups in total. The van der Waals surface area contributed by atoms with Gasteiger partial charge in [-0.05, 0) is 42.7 Å². The number of fused-ring (bicyclic) bond motifs is 3. The SMILES string of the molecule is Cc1cc(-c2nc(Nc3ccc(CN4CCN(C(=O)CO)CC4)cn3)ncc2F)cc2c3n(nc12)CCC3(C)C. The molecule has 0 saturated carbocycles. The summed E-state index contributed by atoms with van der Waals surface area (Å²) in [6.07, 6.45) is 4.00. The van der Waals surface area contributed by atoms with Gasteiger partial charge in [-0.3, -0.25) is 14.4 Å². The predicted octanol–water partition coefficient (Wildman–Crippen LogP) is 3.40. The van der Waals surface area contributed by atoms with E-state index in [1.165, 1.54) is 11.9 Å². The summed E-state index contributed by atoms with van der Waals surface area (Å²) in [5.41, 5.74) is 5.07. The lowest BCUT2D eigenvalue weighted by atomic mass is 9.86. The van der Waals surface area contributed by atoms with E-state index in [1.807, 2.05) is 31.2 Å². The normalized spacial score (nSPS) is 16.9. The minimum absolute atomic E-state index is 0.00187. The zero-order valence-electron chi connectivity index (χ0n) is 23.0. The fraction of sp³-hybridized carbons (Fsp3) is 0.414. The van der Waals surface area contributed by atoms with Gasteiger partial charge >= 0.3 is 0 Å². The third kappa shape index (κ3) is 4.90. The number of aryl methyl sites for hydroxylation is 2. The number of aromatic nitrogens is 5. The van der Waals surface area contributed by atoms with E-state index in [0.29, 0.717) is 31.0 Å². The van der Waals surface area contributed by atoms with Crippen molar-refractivity contribution in [3.8, 4) is 11.3 Å². The van der Waals surface area contributed by atoms with E-state index < -0.39 is 12.4 Å². The van der Waals surface area contributed by atoms with E-state index in [-0.39, 0.29) is 23.0 Å². The van der Waals surface area contributed by atoms with Gasteiger partial charge in [0.1, 0.15) is 18.1 Å². The molecule has 10 nitrogen and oxygen atoms in total. The Morgan fingerprint density at radius 2 is 1.90 bits per heavy atom. The van der Waals surface area contributed by atoms with Gasteiger partial charge in [0.2, 0.25) is 11.9 Å². The molecule has 2 aliphatic rings. The van der Waals surface area contributed by atoms with Crippen LogP contribution in [0, 0.1) is 12.7 Å². The average Bonchev–Trinajstić information content (AvgIpc) is 3.48. The number of benzene rings is 1. The van der Waals surface area contributed by atoms with E-state index in [4.69, 9.17) is 10.2 Å². The van der Waals surface area contributed by atoms with E-state index in [2.05, 4.69) is 43.7 Å². The summed E-state index contributed by atoms with van der Waals surface area (Å²) >= 11 is 0. The summed E-state index contributed by atoms with van der Waals surface area (Å²) in [6.45, 7) is 10.3. The van der Waals surface area contributed by atoms with E-state index in [9.17, 15) is 4.79 Å². The van der Waals surface area contributed by atoms with E-state index >= 15 is 4.39 Å². The van der Waals surface area contributed by atoms with Gasteiger partial charge in [0.15, 0.2) is 5.82 Å². The molecule has 40 heavy (non-hydrogen) atoms. The maximum Gasteiger partial charge on any atom is 0.248 e. The second-order valence-electron chi connectivity index (χ2n) is 11.3. The first-order chi connectivity index (χ1) is 19.2. The molecule has 0 bridgehead atoms. The van der Waals surface area contributed by atoms with Crippen molar-refractivity contribution in [3.63, 3.8) is 0 Å². The molecular weight excluding hydrogens is 511 g/mol. The molecule has 11 heteroatoms. The van der Waals surface area contributed by atoms with Crippen molar-refractivity contribution in [2.24, 2.45) is 0 Å². The van der Waals surface area contributed by atoms with Crippen LogP contribution in [0.2, 0.25) is 0 Å². The molecule has 0 atom stereocenters. The fourth-order valence-corrected chi connectivity index (χ4v) is 5.77. The van der Waals surface area contributed by atoms with Crippen molar-refractivity contribution in [1.29, 1.82) is 0 Å². The van der Waals surface area contributed by atoms with Crippen LogP contribution in [0.15, 0.2) is 36.7 Å². The molecule has 6 rings (SSSR count). The van der Waals surface area contributed by atoms with Crippen LogP contribution in [0.1, 0.15) is 37.1 Å². The van der Waals surface area contributed by atoms with Crippen LogP contribution < -0.4 is 5.32 Å². The topological polar surface area (TPSA) is 112 Å². The number of hydrogen-bond donors (Lipinski definition) is 2.